The van der Waals surface area contributed by atoms with Crippen LogP contribution in [0.1, 0.15) is 25.5 Å². The van der Waals surface area contributed by atoms with Crippen LogP contribution in [0.25, 0.3) is 10.2 Å². The lowest BCUT2D eigenvalue weighted by atomic mass is 10.1. The molecule has 2 aromatic carbocycles. The predicted octanol–water partition coefficient (Wildman–Crippen LogP) is 3.96. The van der Waals surface area contributed by atoms with Crippen molar-refractivity contribution >= 4 is 33.1 Å². The van der Waals surface area contributed by atoms with Crippen LogP contribution in [0, 0.1) is 5.82 Å². The molecule has 0 radical (unpaired) electrons. The summed E-state index contributed by atoms with van der Waals surface area (Å²) in [4.78, 5) is 24.1. The SMILES string of the molecule is CC(C)n1c(=O)sc2cc(NC(=O)Cc3ccccc3F)ccc21. The number of carbonyl (C=O) groups excluding carboxylic acids is 1. The molecule has 6 heteroatoms. The Bertz CT molecular complexity index is 959. The highest BCUT2D eigenvalue weighted by atomic mass is 32.1. The molecule has 3 aromatic rings. The molecule has 0 saturated heterocycles. The molecule has 1 N–H and O–H groups in total. The van der Waals surface area contributed by atoms with E-state index in [4.69, 9.17) is 0 Å². The number of fused-ring (bicyclic) bond motifs is 1. The number of thiazole rings is 1. The van der Waals surface area contributed by atoms with Crippen molar-refractivity contribution in [1.29, 1.82) is 0 Å². The third-order valence-electron chi connectivity index (χ3n) is 3.72. The minimum Gasteiger partial charge on any atom is -0.326 e. The molecule has 124 valence electrons. The van der Waals surface area contributed by atoms with Crippen molar-refractivity contribution in [3.63, 3.8) is 0 Å². The number of anilines is 1. The summed E-state index contributed by atoms with van der Waals surface area (Å²) in [6.45, 7) is 3.91. The van der Waals surface area contributed by atoms with Crippen molar-refractivity contribution < 1.29 is 9.18 Å². The largest absolute Gasteiger partial charge is 0.326 e. The van der Waals surface area contributed by atoms with Gasteiger partial charge in [-0.1, -0.05) is 29.5 Å². The van der Waals surface area contributed by atoms with Gasteiger partial charge in [-0.05, 0) is 43.7 Å². The number of amides is 1. The van der Waals surface area contributed by atoms with E-state index in [2.05, 4.69) is 5.32 Å². The van der Waals surface area contributed by atoms with E-state index < -0.39 is 5.82 Å². The summed E-state index contributed by atoms with van der Waals surface area (Å²) in [7, 11) is 0. The zero-order valence-corrected chi connectivity index (χ0v) is 14.2. The van der Waals surface area contributed by atoms with Gasteiger partial charge in [0.25, 0.3) is 0 Å². The number of hydrogen-bond donors (Lipinski definition) is 1. The molecule has 1 heterocycles. The van der Waals surface area contributed by atoms with Crippen LogP contribution in [-0.4, -0.2) is 10.5 Å². The van der Waals surface area contributed by atoms with E-state index in [-0.39, 0.29) is 23.2 Å². The second-order valence-electron chi connectivity index (χ2n) is 5.83. The molecule has 3 rings (SSSR count). The average molecular weight is 344 g/mol. The quantitative estimate of drug-likeness (QED) is 0.779. The fraction of sp³-hybridized carbons (Fsp3) is 0.222. The third kappa shape index (κ3) is 3.23. The Morgan fingerprint density at radius 2 is 2.00 bits per heavy atom. The lowest BCUT2D eigenvalue weighted by molar-refractivity contribution is -0.115. The first-order valence-electron chi connectivity index (χ1n) is 7.64. The summed E-state index contributed by atoms with van der Waals surface area (Å²) in [5.74, 6) is -0.689. The van der Waals surface area contributed by atoms with Gasteiger partial charge in [0.1, 0.15) is 5.82 Å². The first-order chi connectivity index (χ1) is 11.5. The fourth-order valence-corrected chi connectivity index (χ4v) is 3.68. The van der Waals surface area contributed by atoms with Gasteiger partial charge in [-0.3, -0.25) is 14.2 Å². The van der Waals surface area contributed by atoms with Crippen LogP contribution < -0.4 is 10.2 Å². The summed E-state index contributed by atoms with van der Waals surface area (Å²) in [6.07, 6.45) is -0.0338. The van der Waals surface area contributed by atoms with Crippen molar-refractivity contribution in [2.24, 2.45) is 0 Å². The minimum absolute atomic E-state index is 0.0187. The van der Waals surface area contributed by atoms with E-state index in [1.807, 2.05) is 19.9 Å². The Labute approximate surface area is 142 Å². The van der Waals surface area contributed by atoms with Crippen LogP contribution >= 0.6 is 11.3 Å². The molecule has 4 nitrogen and oxygen atoms in total. The van der Waals surface area contributed by atoms with Gasteiger partial charge in [0.15, 0.2) is 0 Å². The van der Waals surface area contributed by atoms with Crippen LogP contribution in [-0.2, 0) is 11.2 Å². The molecular weight excluding hydrogens is 327 g/mol. The average Bonchev–Trinajstić information content (AvgIpc) is 2.84. The number of benzene rings is 2. The Hall–Kier alpha value is -2.47. The predicted molar refractivity (Wildman–Crippen MR) is 95.2 cm³/mol. The number of carbonyl (C=O) groups is 1. The fourth-order valence-electron chi connectivity index (χ4n) is 2.62. The highest BCUT2D eigenvalue weighted by Crippen LogP contribution is 2.24. The van der Waals surface area contributed by atoms with Gasteiger partial charge < -0.3 is 5.32 Å². The number of nitrogens with zero attached hydrogens (tertiary/aromatic N) is 1. The molecule has 0 aliphatic heterocycles. The smallest absolute Gasteiger partial charge is 0.308 e. The van der Waals surface area contributed by atoms with Crippen LogP contribution in [0.2, 0.25) is 0 Å². The maximum atomic E-state index is 13.6. The van der Waals surface area contributed by atoms with E-state index in [1.54, 1.807) is 34.9 Å². The molecule has 0 bridgehead atoms. The van der Waals surface area contributed by atoms with Crippen molar-refractivity contribution in [2.45, 2.75) is 26.3 Å². The van der Waals surface area contributed by atoms with Crippen molar-refractivity contribution in [2.75, 3.05) is 5.32 Å². The molecule has 0 atom stereocenters. The van der Waals surface area contributed by atoms with E-state index in [0.29, 0.717) is 11.3 Å². The van der Waals surface area contributed by atoms with Crippen LogP contribution in [0.3, 0.4) is 0 Å². The van der Waals surface area contributed by atoms with Crippen LogP contribution in [0.5, 0.6) is 0 Å². The number of rotatable bonds is 4. The van der Waals surface area contributed by atoms with Crippen molar-refractivity contribution in [3.8, 4) is 0 Å². The van der Waals surface area contributed by atoms with Gasteiger partial charge in [-0.15, -0.1) is 0 Å². The first-order valence-corrected chi connectivity index (χ1v) is 8.45. The lowest BCUT2D eigenvalue weighted by Crippen LogP contribution is -2.15. The molecule has 0 aliphatic carbocycles. The van der Waals surface area contributed by atoms with Gasteiger partial charge in [-0.2, -0.15) is 0 Å². The second-order valence-corrected chi connectivity index (χ2v) is 6.82. The van der Waals surface area contributed by atoms with E-state index in [9.17, 15) is 14.0 Å². The summed E-state index contributed by atoms with van der Waals surface area (Å²) in [6, 6.07) is 11.6. The number of nitrogens with one attached hydrogen (secondary N) is 1. The number of aromatic nitrogens is 1. The maximum Gasteiger partial charge on any atom is 0.308 e. The standard InChI is InChI=1S/C18H17FN2O2S/c1-11(2)21-15-8-7-13(10-16(15)24-18(21)23)20-17(22)9-12-5-3-4-6-14(12)19/h3-8,10-11H,9H2,1-2H3,(H,20,22). The Kier molecular flexibility index (Phi) is 4.49. The normalized spacial score (nSPS) is 11.2. The number of hydrogen-bond acceptors (Lipinski definition) is 3. The molecule has 0 aliphatic rings. The van der Waals surface area contributed by atoms with Gasteiger partial charge in [0, 0.05) is 11.7 Å². The highest BCUT2D eigenvalue weighted by Gasteiger charge is 2.12. The van der Waals surface area contributed by atoms with E-state index in [0.717, 1.165) is 21.6 Å². The highest BCUT2D eigenvalue weighted by molar-refractivity contribution is 7.16. The molecule has 0 spiro atoms. The summed E-state index contributed by atoms with van der Waals surface area (Å²) >= 11 is 1.15. The van der Waals surface area contributed by atoms with Crippen LogP contribution in [0.4, 0.5) is 10.1 Å². The molecular formula is C18H17FN2O2S. The Morgan fingerprint density at radius 1 is 1.25 bits per heavy atom. The van der Waals surface area contributed by atoms with Crippen molar-refractivity contribution in [1.82, 2.24) is 4.57 Å². The summed E-state index contributed by atoms with van der Waals surface area (Å²) in [5.41, 5.74) is 1.81. The summed E-state index contributed by atoms with van der Waals surface area (Å²) < 4.78 is 16.1. The zero-order chi connectivity index (χ0) is 17.3. The monoisotopic (exact) mass is 344 g/mol. The second kappa shape index (κ2) is 6.57. The molecule has 0 fully saturated rings. The third-order valence-corrected chi connectivity index (χ3v) is 4.64. The van der Waals surface area contributed by atoms with E-state index in [1.165, 1.54) is 6.07 Å². The molecule has 1 aromatic heterocycles. The molecule has 0 saturated carbocycles. The zero-order valence-electron chi connectivity index (χ0n) is 13.4. The minimum atomic E-state index is -0.393. The first kappa shape index (κ1) is 16.4. The van der Waals surface area contributed by atoms with E-state index >= 15 is 0 Å². The number of halogens is 1. The summed E-state index contributed by atoms with van der Waals surface area (Å²) in [5, 5.41) is 2.76. The van der Waals surface area contributed by atoms with Crippen LogP contribution in [0.15, 0.2) is 47.3 Å². The molecule has 24 heavy (non-hydrogen) atoms. The lowest BCUT2D eigenvalue weighted by Gasteiger charge is -2.09. The molecule has 0 unspecified atom stereocenters. The van der Waals surface area contributed by atoms with Gasteiger partial charge in [0.05, 0.1) is 16.6 Å². The Morgan fingerprint density at radius 3 is 2.71 bits per heavy atom. The van der Waals surface area contributed by atoms with Gasteiger partial charge in [-0.25, -0.2) is 4.39 Å². The van der Waals surface area contributed by atoms with Gasteiger partial charge in [0.2, 0.25) is 5.91 Å². The maximum absolute atomic E-state index is 13.6. The topological polar surface area (TPSA) is 51.1 Å². The molecule has 1 amide bonds. The van der Waals surface area contributed by atoms with Crippen molar-refractivity contribution in [3.05, 3.63) is 63.5 Å². The Balaban J connectivity index is 1.82. The van der Waals surface area contributed by atoms with Gasteiger partial charge >= 0.3 is 4.87 Å².